The summed E-state index contributed by atoms with van der Waals surface area (Å²) < 4.78 is 4.45. The number of piperidine rings is 1. The van der Waals surface area contributed by atoms with E-state index in [1.54, 1.807) is 4.90 Å². The summed E-state index contributed by atoms with van der Waals surface area (Å²) in [6.45, 7) is 1.68. The molecule has 0 aliphatic carbocycles. The molecule has 5 nitrogen and oxygen atoms in total. The first-order chi connectivity index (χ1) is 7.24. The molecule has 84 valence electrons. The van der Waals surface area contributed by atoms with Gasteiger partial charge >= 0.3 is 11.9 Å². The average Bonchev–Trinajstić information content (AvgIpc) is 2.70. The van der Waals surface area contributed by atoms with Crippen LogP contribution in [0.3, 0.4) is 0 Å². The summed E-state index contributed by atoms with van der Waals surface area (Å²) in [6.07, 6.45) is 2.99. The molecule has 15 heavy (non-hydrogen) atoms. The third-order valence-corrected chi connectivity index (χ3v) is 3.25. The van der Waals surface area contributed by atoms with E-state index in [0.29, 0.717) is 12.6 Å². The number of nitrogens with zero attached hydrogens (tertiary/aromatic N) is 1. The van der Waals surface area contributed by atoms with Crippen LogP contribution in [0.5, 0.6) is 0 Å². The van der Waals surface area contributed by atoms with Crippen LogP contribution in [-0.4, -0.2) is 49.1 Å². The molecule has 2 atom stereocenters. The molecule has 2 heterocycles. The van der Waals surface area contributed by atoms with Crippen LogP contribution in [0.15, 0.2) is 0 Å². The Balaban J connectivity index is 2.04. The third-order valence-electron chi connectivity index (χ3n) is 3.25. The minimum absolute atomic E-state index is 0.186. The van der Waals surface area contributed by atoms with E-state index in [1.807, 2.05) is 0 Å². The predicted molar refractivity (Wildman–Crippen MR) is 53.2 cm³/mol. The maximum Gasteiger partial charge on any atom is 0.396 e. The summed E-state index contributed by atoms with van der Waals surface area (Å²) >= 11 is 0. The molecule has 0 spiro atoms. The number of carbonyl (C=O) groups is 2. The fraction of sp³-hybridized carbons (Fsp3) is 0.800. The van der Waals surface area contributed by atoms with Gasteiger partial charge in [0.15, 0.2) is 0 Å². The molecule has 2 aliphatic rings. The maximum absolute atomic E-state index is 11.7. The van der Waals surface area contributed by atoms with Gasteiger partial charge < -0.3 is 15.0 Å². The lowest BCUT2D eigenvalue weighted by molar-refractivity contribution is -0.158. The maximum atomic E-state index is 11.7. The van der Waals surface area contributed by atoms with Crippen molar-refractivity contribution < 1.29 is 14.3 Å². The van der Waals surface area contributed by atoms with Gasteiger partial charge in [0.25, 0.3) is 0 Å². The molecule has 0 saturated carbocycles. The summed E-state index contributed by atoms with van der Waals surface area (Å²) in [5, 5.41) is 3.38. The highest BCUT2D eigenvalue weighted by molar-refractivity contribution is 6.32. The lowest BCUT2D eigenvalue weighted by Gasteiger charge is -2.31. The van der Waals surface area contributed by atoms with Crippen molar-refractivity contribution in [1.82, 2.24) is 10.2 Å². The molecule has 2 rings (SSSR count). The molecule has 1 N–H and O–H groups in total. The number of hydrogen-bond donors (Lipinski definition) is 1. The van der Waals surface area contributed by atoms with Crippen molar-refractivity contribution >= 4 is 11.9 Å². The highest BCUT2D eigenvalue weighted by atomic mass is 16.5. The summed E-state index contributed by atoms with van der Waals surface area (Å²) in [5.41, 5.74) is 0. The fourth-order valence-electron chi connectivity index (χ4n) is 2.50. The zero-order chi connectivity index (χ0) is 10.8. The lowest BCUT2D eigenvalue weighted by Crippen LogP contribution is -2.50. The Kier molecular flexibility index (Phi) is 2.90. The SMILES string of the molecule is COC(=O)C(=O)N1CCC2NCCCC21. The van der Waals surface area contributed by atoms with E-state index in [2.05, 4.69) is 10.1 Å². The topological polar surface area (TPSA) is 58.6 Å². The van der Waals surface area contributed by atoms with E-state index in [4.69, 9.17) is 0 Å². The molecule has 2 saturated heterocycles. The summed E-state index contributed by atoms with van der Waals surface area (Å²) in [7, 11) is 1.24. The number of ether oxygens (including phenoxy) is 1. The fourth-order valence-corrected chi connectivity index (χ4v) is 2.50. The Hall–Kier alpha value is -1.10. The molecule has 1 amide bonds. The molecular formula is C10H16N2O3. The average molecular weight is 212 g/mol. The summed E-state index contributed by atoms with van der Waals surface area (Å²) in [5.74, 6) is -1.24. The molecule has 2 unspecified atom stereocenters. The van der Waals surface area contributed by atoms with Crippen molar-refractivity contribution in [2.24, 2.45) is 0 Å². The number of esters is 1. The van der Waals surface area contributed by atoms with Crippen LogP contribution in [0, 0.1) is 0 Å². The van der Waals surface area contributed by atoms with E-state index >= 15 is 0 Å². The molecule has 0 aromatic carbocycles. The minimum Gasteiger partial charge on any atom is -0.462 e. The number of fused-ring (bicyclic) bond motifs is 1. The number of carbonyl (C=O) groups excluding carboxylic acids is 2. The molecule has 2 fully saturated rings. The normalized spacial score (nSPS) is 29.8. The minimum atomic E-state index is -0.749. The second-order valence-electron chi connectivity index (χ2n) is 4.05. The summed E-state index contributed by atoms with van der Waals surface area (Å²) in [4.78, 5) is 24.4. The van der Waals surface area contributed by atoms with Gasteiger partial charge in [0.2, 0.25) is 0 Å². The first kappa shape index (κ1) is 10.4. The smallest absolute Gasteiger partial charge is 0.396 e. The van der Waals surface area contributed by atoms with Crippen LogP contribution in [-0.2, 0) is 14.3 Å². The highest BCUT2D eigenvalue weighted by Crippen LogP contribution is 2.25. The van der Waals surface area contributed by atoms with Crippen molar-refractivity contribution in [3.8, 4) is 0 Å². The van der Waals surface area contributed by atoms with Crippen LogP contribution < -0.4 is 5.32 Å². The first-order valence-corrected chi connectivity index (χ1v) is 5.36. The monoisotopic (exact) mass is 212 g/mol. The number of likely N-dealkylation sites (tertiary alicyclic amines) is 1. The van der Waals surface area contributed by atoms with Crippen LogP contribution in [0.25, 0.3) is 0 Å². The Morgan fingerprint density at radius 2 is 2.20 bits per heavy atom. The number of amides is 1. The van der Waals surface area contributed by atoms with E-state index < -0.39 is 11.9 Å². The second kappa shape index (κ2) is 4.18. The van der Waals surface area contributed by atoms with Crippen molar-refractivity contribution in [1.29, 1.82) is 0 Å². The van der Waals surface area contributed by atoms with Crippen molar-refractivity contribution in [3.05, 3.63) is 0 Å². The Morgan fingerprint density at radius 1 is 1.40 bits per heavy atom. The lowest BCUT2D eigenvalue weighted by atomic mass is 9.99. The Morgan fingerprint density at radius 3 is 2.93 bits per heavy atom. The van der Waals surface area contributed by atoms with Gasteiger partial charge in [-0.25, -0.2) is 4.79 Å². The number of methoxy groups -OCH3 is 1. The van der Waals surface area contributed by atoms with Gasteiger partial charge in [-0.05, 0) is 25.8 Å². The molecule has 5 heteroatoms. The molecule has 0 aromatic rings. The molecular weight excluding hydrogens is 196 g/mol. The largest absolute Gasteiger partial charge is 0.462 e. The van der Waals surface area contributed by atoms with Crippen LogP contribution in [0.2, 0.25) is 0 Å². The van der Waals surface area contributed by atoms with E-state index in [0.717, 1.165) is 25.8 Å². The molecule has 0 aromatic heterocycles. The second-order valence-corrected chi connectivity index (χ2v) is 4.05. The van der Waals surface area contributed by atoms with Gasteiger partial charge in [-0.3, -0.25) is 4.79 Å². The Labute approximate surface area is 88.8 Å². The zero-order valence-electron chi connectivity index (χ0n) is 8.86. The molecule has 0 radical (unpaired) electrons. The van der Waals surface area contributed by atoms with Crippen molar-refractivity contribution in [2.45, 2.75) is 31.3 Å². The van der Waals surface area contributed by atoms with Crippen LogP contribution in [0.1, 0.15) is 19.3 Å². The molecule has 0 bridgehead atoms. The quantitative estimate of drug-likeness (QED) is 0.435. The third kappa shape index (κ3) is 1.84. The zero-order valence-corrected chi connectivity index (χ0v) is 8.86. The predicted octanol–water partition coefficient (Wildman–Crippen LogP) is -0.488. The van der Waals surface area contributed by atoms with E-state index in [1.165, 1.54) is 7.11 Å². The van der Waals surface area contributed by atoms with Crippen LogP contribution >= 0.6 is 0 Å². The van der Waals surface area contributed by atoms with Gasteiger partial charge in [-0.1, -0.05) is 0 Å². The first-order valence-electron chi connectivity index (χ1n) is 5.36. The van der Waals surface area contributed by atoms with Gasteiger partial charge in [0.1, 0.15) is 0 Å². The van der Waals surface area contributed by atoms with E-state index in [9.17, 15) is 9.59 Å². The van der Waals surface area contributed by atoms with Gasteiger partial charge in [0, 0.05) is 18.6 Å². The molecule has 2 aliphatic heterocycles. The van der Waals surface area contributed by atoms with Crippen molar-refractivity contribution in [2.75, 3.05) is 20.2 Å². The van der Waals surface area contributed by atoms with E-state index in [-0.39, 0.29) is 6.04 Å². The summed E-state index contributed by atoms with van der Waals surface area (Å²) in [6, 6.07) is 0.553. The van der Waals surface area contributed by atoms with Gasteiger partial charge in [-0.2, -0.15) is 0 Å². The van der Waals surface area contributed by atoms with Gasteiger partial charge in [0.05, 0.1) is 7.11 Å². The van der Waals surface area contributed by atoms with Crippen LogP contribution in [0.4, 0.5) is 0 Å². The number of hydrogen-bond acceptors (Lipinski definition) is 4. The van der Waals surface area contributed by atoms with Gasteiger partial charge in [-0.15, -0.1) is 0 Å². The number of nitrogens with one attached hydrogen (secondary N) is 1. The standard InChI is InChI=1S/C10H16N2O3/c1-15-10(14)9(13)12-6-4-7-8(12)3-2-5-11-7/h7-8,11H,2-6H2,1H3. The Bertz CT molecular complexity index is 280. The highest BCUT2D eigenvalue weighted by Gasteiger charge is 2.40. The number of rotatable bonds is 0. The van der Waals surface area contributed by atoms with Crippen molar-refractivity contribution in [3.63, 3.8) is 0 Å².